The van der Waals surface area contributed by atoms with Gasteiger partial charge in [0.2, 0.25) is 0 Å². The SMILES string of the molecule is O=C(COc1ccc(C(F)(F)F)cc1)NCc1cccc(Cl)c1. The minimum absolute atomic E-state index is 0.191. The lowest BCUT2D eigenvalue weighted by atomic mass is 10.2. The van der Waals surface area contributed by atoms with Gasteiger partial charge < -0.3 is 10.1 Å². The highest BCUT2D eigenvalue weighted by atomic mass is 35.5. The van der Waals surface area contributed by atoms with E-state index < -0.39 is 11.7 Å². The van der Waals surface area contributed by atoms with Gasteiger partial charge in [0.1, 0.15) is 5.75 Å². The summed E-state index contributed by atoms with van der Waals surface area (Å²) in [7, 11) is 0. The number of alkyl halides is 3. The molecule has 3 nitrogen and oxygen atoms in total. The molecule has 0 unspecified atom stereocenters. The van der Waals surface area contributed by atoms with E-state index in [4.69, 9.17) is 16.3 Å². The lowest BCUT2D eigenvalue weighted by Crippen LogP contribution is -2.28. The van der Waals surface area contributed by atoms with Crippen LogP contribution in [0, 0.1) is 0 Å². The van der Waals surface area contributed by atoms with Crippen LogP contribution in [0.25, 0.3) is 0 Å². The van der Waals surface area contributed by atoms with E-state index in [1.807, 2.05) is 6.07 Å². The topological polar surface area (TPSA) is 38.3 Å². The van der Waals surface area contributed by atoms with Gasteiger partial charge in [0.05, 0.1) is 5.56 Å². The Bertz CT molecular complexity index is 672. The highest BCUT2D eigenvalue weighted by Crippen LogP contribution is 2.30. The van der Waals surface area contributed by atoms with Gasteiger partial charge in [0.15, 0.2) is 6.61 Å². The summed E-state index contributed by atoms with van der Waals surface area (Å²) in [5.41, 5.74) is 0.0654. The van der Waals surface area contributed by atoms with Gasteiger partial charge in [0.25, 0.3) is 5.91 Å². The zero-order valence-electron chi connectivity index (χ0n) is 11.9. The van der Waals surface area contributed by atoms with Crippen LogP contribution in [0.4, 0.5) is 13.2 Å². The predicted molar refractivity (Wildman–Crippen MR) is 80.2 cm³/mol. The van der Waals surface area contributed by atoms with E-state index in [1.54, 1.807) is 18.2 Å². The number of ether oxygens (including phenoxy) is 1. The molecule has 0 saturated carbocycles. The summed E-state index contributed by atoms with van der Waals surface area (Å²) in [4.78, 5) is 11.7. The summed E-state index contributed by atoms with van der Waals surface area (Å²) in [6.45, 7) is 0.00168. The third-order valence-electron chi connectivity index (χ3n) is 2.93. The number of amides is 1. The standard InChI is InChI=1S/C16H13ClF3NO2/c17-13-3-1-2-11(8-13)9-21-15(22)10-23-14-6-4-12(5-7-14)16(18,19)20/h1-8H,9-10H2,(H,21,22). The molecule has 0 spiro atoms. The van der Waals surface area contributed by atoms with Gasteiger partial charge in [-0.05, 0) is 42.0 Å². The fourth-order valence-electron chi connectivity index (χ4n) is 1.79. The van der Waals surface area contributed by atoms with Crippen LogP contribution in [0.2, 0.25) is 5.02 Å². The first-order valence-electron chi connectivity index (χ1n) is 6.66. The van der Waals surface area contributed by atoms with Crippen molar-refractivity contribution in [1.82, 2.24) is 5.32 Å². The second-order valence-electron chi connectivity index (χ2n) is 4.72. The summed E-state index contributed by atoms with van der Waals surface area (Å²) in [6, 6.07) is 11.2. The molecule has 122 valence electrons. The number of hydrogen-bond donors (Lipinski definition) is 1. The molecule has 0 saturated heterocycles. The molecular formula is C16H13ClF3NO2. The molecule has 0 bridgehead atoms. The van der Waals surface area contributed by atoms with Gasteiger partial charge in [-0.1, -0.05) is 23.7 Å². The summed E-state index contributed by atoms with van der Waals surface area (Å²) >= 11 is 5.83. The third-order valence-corrected chi connectivity index (χ3v) is 3.17. The van der Waals surface area contributed by atoms with Crippen LogP contribution < -0.4 is 10.1 Å². The molecule has 23 heavy (non-hydrogen) atoms. The van der Waals surface area contributed by atoms with Crippen molar-refractivity contribution in [2.75, 3.05) is 6.61 Å². The van der Waals surface area contributed by atoms with Gasteiger partial charge >= 0.3 is 6.18 Å². The van der Waals surface area contributed by atoms with E-state index >= 15 is 0 Å². The molecule has 7 heteroatoms. The minimum Gasteiger partial charge on any atom is -0.484 e. The normalized spacial score (nSPS) is 11.1. The monoisotopic (exact) mass is 343 g/mol. The van der Waals surface area contributed by atoms with Crippen molar-refractivity contribution in [1.29, 1.82) is 0 Å². The number of nitrogens with one attached hydrogen (secondary N) is 1. The fourth-order valence-corrected chi connectivity index (χ4v) is 2.00. The van der Waals surface area contributed by atoms with Crippen molar-refractivity contribution in [2.24, 2.45) is 0 Å². The van der Waals surface area contributed by atoms with Crippen LogP contribution in [0.1, 0.15) is 11.1 Å². The van der Waals surface area contributed by atoms with E-state index in [0.29, 0.717) is 5.02 Å². The number of benzene rings is 2. The van der Waals surface area contributed by atoms with Crippen LogP contribution in [0.15, 0.2) is 48.5 Å². The average molecular weight is 344 g/mol. The molecule has 0 atom stereocenters. The van der Waals surface area contributed by atoms with Crippen LogP contribution in [0.5, 0.6) is 5.75 Å². The van der Waals surface area contributed by atoms with E-state index in [0.717, 1.165) is 17.7 Å². The Kier molecular flexibility index (Phi) is 5.50. The zero-order valence-corrected chi connectivity index (χ0v) is 12.6. The lowest BCUT2D eigenvalue weighted by molar-refractivity contribution is -0.137. The molecule has 2 aromatic rings. The maximum atomic E-state index is 12.4. The number of halogens is 4. The Morgan fingerprint density at radius 3 is 2.43 bits per heavy atom. The molecule has 0 radical (unpaired) electrons. The molecule has 0 aliphatic carbocycles. The van der Waals surface area contributed by atoms with Crippen LogP contribution >= 0.6 is 11.6 Å². The van der Waals surface area contributed by atoms with Gasteiger partial charge in [-0.3, -0.25) is 4.79 Å². The average Bonchev–Trinajstić information content (AvgIpc) is 2.50. The first-order chi connectivity index (χ1) is 10.8. The minimum atomic E-state index is -4.40. The Balaban J connectivity index is 1.80. The van der Waals surface area contributed by atoms with E-state index in [1.165, 1.54) is 12.1 Å². The molecular weight excluding hydrogens is 331 g/mol. The molecule has 0 heterocycles. The molecule has 0 fully saturated rings. The van der Waals surface area contributed by atoms with Crippen LogP contribution in [0.3, 0.4) is 0 Å². The van der Waals surface area contributed by atoms with Crippen LogP contribution in [-0.2, 0) is 17.5 Å². The number of carbonyl (C=O) groups is 1. The van der Waals surface area contributed by atoms with Gasteiger partial charge in [-0.15, -0.1) is 0 Å². The van der Waals surface area contributed by atoms with E-state index in [-0.39, 0.29) is 24.8 Å². The summed E-state index contributed by atoms with van der Waals surface area (Å²) in [6.07, 6.45) is -4.40. The highest BCUT2D eigenvalue weighted by molar-refractivity contribution is 6.30. The van der Waals surface area contributed by atoms with Crippen molar-refractivity contribution in [3.63, 3.8) is 0 Å². The van der Waals surface area contributed by atoms with E-state index in [9.17, 15) is 18.0 Å². The van der Waals surface area contributed by atoms with Crippen molar-refractivity contribution in [3.05, 3.63) is 64.7 Å². The van der Waals surface area contributed by atoms with Gasteiger partial charge in [0, 0.05) is 11.6 Å². The quantitative estimate of drug-likeness (QED) is 0.889. The Morgan fingerprint density at radius 1 is 1.13 bits per heavy atom. The largest absolute Gasteiger partial charge is 0.484 e. The number of carbonyl (C=O) groups excluding carboxylic acids is 1. The zero-order chi connectivity index (χ0) is 16.9. The molecule has 2 aromatic carbocycles. The van der Waals surface area contributed by atoms with Gasteiger partial charge in [-0.25, -0.2) is 0 Å². The Hall–Kier alpha value is -2.21. The Morgan fingerprint density at radius 2 is 1.83 bits per heavy atom. The van der Waals surface area contributed by atoms with E-state index in [2.05, 4.69) is 5.32 Å². The first kappa shape index (κ1) is 17.1. The number of rotatable bonds is 5. The smallest absolute Gasteiger partial charge is 0.416 e. The lowest BCUT2D eigenvalue weighted by Gasteiger charge is -2.09. The highest BCUT2D eigenvalue weighted by Gasteiger charge is 2.30. The van der Waals surface area contributed by atoms with Crippen molar-refractivity contribution < 1.29 is 22.7 Å². The molecule has 0 aromatic heterocycles. The third kappa shape index (κ3) is 5.49. The summed E-state index contributed by atoms with van der Waals surface area (Å²) < 4.78 is 42.4. The fraction of sp³-hybridized carbons (Fsp3) is 0.188. The first-order valence-corrected chi connectivity index (χ1v) is 7.03. The Labute approximate surface area is 136 Å². The van der Waals surface area contributed by atoms with Crippen molar-refractivity contribution in [2.45, 2.75) is 12.7 Å². The molecule has 1 amide bonds. The van der Waals surface area contributed by atoms with Crippen LogP contribution in [-0.4, -0.2) is 12.5 Å². The second kappa shape index (κ2) is 7.37. The van der Waals surface area contributed by atoms with Gasteiger partial charge in [-0.2, -0.15) is 13.2 Å². The maximum Gasteiger partial charge on any atom is 0.416 e. The molecule has 0 aliphatic rings. The van der Waals surface area contributed by atoms with Crippen molar-refractivity contribution >= 4 is 17.5 Å². The number of hydrogen-bond acceptors (Lipinski definition) is 2. The maximum absolute atomic E-state index is 12.4. The second-order valence-corrected chi connectivity index (χ2v) is 5.15. The molecule has 2 rings (SSSR count). The summed E-state index contributed by atoms with van der Waals surface area (Å²) in [5, 5.41) is 3.20. The van der Waals surface area contributed by atoms with Crippen molar-refractivity contribution in [3.8, 4) is 5.75 Å². The summed E-state index contributed by atoms with van der Waals surface area (Å²) in [5.74, 6) is -0.194. The predicted octanol–water partition coefficient (Wildman–Crippen LogP) is 4.05. The molecule has 0 aliphatic heterocycles. The molecule has 1 N–H and O–H groups in total.